The van der Waals surface area contributed by atoms with Gasteiger partial charge >= 0.3 is 6.03 Å². The molecule has 1 aromatic rings. The van der Waals surface area contributed by atoms with Gasteiger partial charge in [-0.05, 0) is 79.7 Å². The van der Waals surface area contributed by atoms with E-state index in [0.717, 1.165) is 63.6 Å². The molecule has 11 heteroatoms. The number of nitrogens with one attached hydrogen (secondary N) is 4. The average molecular weight is 768 g/mol. The summed E-state index contributed by atoms with van der Waals surface area (Å²) in [5.74, 6) is 0.224. The molecule has 0 aromatic heterocycles. The molecule has 1 saturated heterocycles. The molecule has 0 spiro atoms. The normalized spacial score (nSPS) is 21.6. The Morgan fingerprint density at radius 1 is 1.00 bits per heavy atom. The zero-order chi connectivity index (χ0) is 39.5. The monoisotopic (exact) mass is 768 g/mol. The van der Waals surface area contributed by atoms with Crippen molar-refractivity contribution in [2.75, 3.05) is 31.1 Å². The molecule has 0 radical (unpaired) electrons. The zero-order valence-corrected chi connectivity index (χ0v) is 34.6. The maximum Gasteiger partial charge on any atom is 0.315 e. The van der Waals surface area contributed by atoms with Crippen LogP contribution in [0.15, 0.2) is 49.2 Å². The first-order valence-electron chi connectivity index (χ1n) is 20.7. The van der Waals surface area contributed by atoms with E-state index in [9.17, 15) is 22.8 Å². The lowest BCUT2D eigenvalue weighted by Gasteiger charge is -2.40. The maximum atomic E-state index is 14.3. The van der Waals surface area contributed by atoms with E-state index < -0.39 is 39.2 Å². The number of fused-ring (bicyclic) bond motifs is 1. The number of hydrogen-bond donors (Lipinski definition) is 4. The Morgan fingerprint density at radius 3 is 2.26 bits per heavy atom. The number of benzene rings is 1. The van der Waals surface area contributed by atoms with E-state index in [1.54, 1.807) is 6.08 Å². The predicted molar refractivity (Wildman–Crippen MR) is 219 cm³/mol. The number of ketones is 1. The number of likely N-dealkylation sites (tertiary alicyclic amines) is 1. The Balaban J connectivity index is 1.59. The topological polar surface area (TPSA) is 137 Å². The van der Waals surface area contributed by atoms with Gasteiger partial charge in [-0.2, -0.15) is 0 Å². The molecule has 10 nitrogen and oxygen atoms in total. The van der Waals surface area contributed by atoms with Crippen molar-refractivity contribution in [3.05, 3.63) is 60.3 Å². The molecular weight excluding hydrogens is 699 g/mol. The van der Waals surface area contributed by atoms with E-state index in [1.807, 2.05) is 20.8 Å². The Labute approximate surface area is 326 Å². The molecule has 1 heterocycles. The largest absolute Gasteiger partial charge is 0.369 e. The summed E-state index contributed by atoms with van der Waals surface area (Å²) in [6.45, 7) is 20.4. The van der Waals surface area contributed by atoms with E-state index in [0.29, 0.717) is 44.1 Å². The van der Waals surface area contributed by atoms with Gasteiger partial charge < -0.3 is 26.2 Å². The molecule has 5 atom stereocenters. The molecule has 0 bridgehead atoms. The van der Waals surface area contributed by atoms with Gasteiger partial charge in [0.15, 0.2) is 9.84 Å². The second-order valence-electron chi connectivity index (χ2n) is 16.9. The Kier molecular flexibility index (Phi) is 16.2. The molecular formula is C43H69N5O5S. The molecule has 2 aliphatic carbocycles. The number of Topliss-reactive ketones (excluding diaryl/α,β-unsaturated/α-hetero) is 1. The molecule has 5 unspecified atom stereocenters. The van der Waals surface area contributed by atoms with Gasteiger partial charge in [-0.3, -0.25) is 9.59 Å². The standard InChI is InChI=1S/C43H69N5O5S/c1-8-16-38(40(49)41(50)44-22-9-2)45-27-37-26-36(31(6)10-3)28-48(37)32(7)39(35-24-33-17-12-13-18-34(33)25-35)46-42(51)47-43(20-14-11-15-21-43)29-54(52,53)23-19-30(4)5/h9,12-13,17-18,30-31,35-39,45H,2,7-8,10-11,14-16,19-29H2,1,3-6H3,(H,44,50)(H2,46,47,51). The first-order valence-corrected chi connectivity index (χ1v) is 22.5. The van der Waals surface area contributed by atoms with E-state index in [4.69, 9.17) is 6.58 Å². The number of amides is 3. The van der Waals surface area contributed by atoms with Crippen molar-refractivity contribution in [3.63, 3.8) is 0 Å². The third-order valence-electron chi connectivity index (χ3n) is 12.3. The lowest BCUT2D eigenvalue weighted by atomic mass is 9.83. The number of carbonyl (C=O) groups is 3. The summed E-state index contributed by atoms with van der Waals surface area (Å²) in [6, 6.07) is 7.09. The summed E-state index contributed by atoms with van der Waals surface area (Å²) in [5, 5.41) is 12.7. The lowest BCUT2D eigenvalue weighted by Crippen LogP contribution is -2.60. The van der Waals surface area contributed by atoms with Crippen molar-refractivity contribution in [2.24, 2.45) is 23.7 Å². The van der Waals surface area contributed by atoms with Crippen LogP contribution >= 0.6 is 0 Å². The number of sulfone groups is 1. The Morgan fingerprint density at radius 2 is 1.67 bits per heavy atom. The highest BCUT2D eigenvalue weighted by molar-refractivity contribution is 7.91. The molecule has 4 rings (SSSR count). The van der Waals surface area contributed by atoms with Gasteiger partial charge in [0.2, 0.25) is 5.78 Å². The van der Waals surface area contributed by atoms with Crippen LogP contribution in [0.5, 0.6) is 0 Å². The molecule has 4 N–H and O–H groups in total. The van der Waals surface area contributed by atoms with Gasteiger partial charge in [-0.1, -0.05) is 104 Å². The van der Waals surface area contributed by atoms with E-state index in [-0.39, 0.29) is 42.0 Å². The summed E-state index contributed by atoms with van der Waals surface area (Å²) in [7, 11) is -3.38. The molecule has 1 saturated carbocycles. The van der Waals surface area contributed by atoms with Crippen LogP contribution in [0, 0.1) is 23.7 Å². The van der Waals surface area contributed by atoms with Crippen LogP contribution in [0.1, 0.15) is 110 Å². The van der Waals surface area contributed by atoms with Gasteiger partial charge in [0.1, 0.15) is 0 Å². The third-order valence-corrected chi connectivity index (χ3v) is 14.1. The number of hydrogen-bond acceptors (Lipinski definition) is 7. The summed E-state index contributed by atoms with van der Waals surface area (Å²) >= 11 is 0. The number of urea groups is 1. The summed E-state index contributed by atoms with van der Waals surface area (Å²) in [4.78, 5) is 42.4. The van der Waals surface area contributed by atoms with Crippen molar-refractivity contribution in [3.8, 4) is 0 Å². The van der Waals surface area contributed by atoms with Crippen molar-refractivity contribution in [1.29, 1.82) is 0 Å². The van der Waals surface area contributed by atoms with Crippen molar-refractivity contribution in [2.45, 2.75) is 135 Å². The van der Waals surface area contributed by atoms with Gasteiger partial charge in [0.25, 0.3) is 5.91 Å². The first-order chi connectivity index (χ1) is 25.7. The van der Waals surface area contributed by atoms with Crippen molar-refractivity contribution >= 4 is 27.6 Å². The summed E-state index contributed by atoms with van der Waals surface area (Å²) in [6.07, 6.45) is 11.1. The predicted octanol–water partition coefficient (Wildman–Crippen LogP) is 6.11. The quantitative estimate of drug-likeness (QED) is 0.0876. The minimum absolute atomic E-state index is 0.00631. The maximum absolute atomic E-state index is 14.3. The van der Waals surface area contributed by atoms with Crippen LogP contribution in [0.25, 0.3) is 0 Å². The van der Waals surface area contributed by atoms with Crippen LogP contribution in [0.4, 0.5) is 4.79 Å². The van der Waals surface area contributed by atoms with E-state index in [2.05, 4.69) is 70.9 Å². The van der Waals surface area contributed by atoms with Gasteiger partial charge in [-0.25, -0.2) is 13.2 Å². The van der Waals surface area contributed by atoms with E-state index in [1.165, 1.54) is 11.1 Å². The Hall–Kier alpha value is -3.18. The fourth-order valence-electron chi connectivity index (χ4n) is 8.89. The fourth-order valence-corrected chi connectivity index (χ4v) is 11.1. The number of nitrogens with zero attached hydrogens (tertiary/aromatic N) is 1. The van der Waals surface area contributed by atoms with E-state index >= 15 is 0 Å². The fraction of sp³-hybridized carbons (Fsp3) is 0.698. The van der Waals surface area contributed by atoms with Crippen LogP contribution in [-0.4, -0.2) is 85.8 Å². The summed E-state index contributed by atoms with van der Waals surface area (Å²) in [5.41, 5.74) is 2.58. The van der Waals surface area contributed by atoms with Crippen LogP contribution in [0.2, 0.25) is 0 Å². The van der Waals surface area contributed by atoms with Gasteiger partial charge in [0, 0.05) is 31.4 Å². The highest BCUT2D eigenvalue weighted by atomic mass is 32.2. The highest BCUT2D eigenvalue weighted by Gasteiger charge is 2.43. The first kappa shape index (κ1) is 43.5. The summed E-state index contributed by atoms with van der Waals surface area (Å²) < 4.78 is 26.8. The highest BCUT2D eigenvalue weighted by Crippen LogP contribution is 2.38. The Bertz CT molecular complexity index is 1530. The third kappa shape index (κ3) is 11.9. The molecule has 1 aliphatic heterocycles. The molecule has 1 aromatic carbocycles. The second kappa shape index (κ2) is 20.1. The molecule has 3 amide bonds. The minimum atomic E-state index is -3.38. The average Bonchev–Trinajstić information content (AvgIpc) is 3.78. The number of carbonyl (C=O) groups excluding carboxylic acids is 3. The van der Waals surface area contributed by atoms with Crippen molar-refractivity contribution < 1.29 is 22.8 Å². The minimum Gasteiger partial charge on any atom is -0.369 e. The van der Waals surface area contributed by atoms with Gasteiger partial charge in [-0.15, -0.1) is 6.58 Å². The lowest BCUT2D eigenvalue weighted by molar-refractivity contribution is -0.139. The SMILES string of the molecule is C=CCNC(=O)C(=O)C(CCC)NCC1CC(C(C)CC)CN1C(=C)C(NC(=O)NC1(CS(=O)(=O)CCC(C)C)CCCCC1)C1Cc2ccccc2C1. The van der Waals surface area contributed by atoms with Crippen LogP contribution in [-0.2, 0) is 32.3 Å². The smallest absolute Gasteiger partial charge is 0.315 e. The molecule has 3 aliphatic rings. The van der Waals surface area contributed by atoms with Crippen LogP contribution in [0.3, 0.4) is 0 Å². The molecule has 2 fully saturated rings. The van der Waals surface area contributed by atoms with Gasteiger partial charge in [0.05, 0.1) is 29.1 Å². The number of rotatable bonds is 21. The zero-order valence-electron chi connectivity index (χ0n) is 33.8. The molecule has 302 valence electrons. The molecule has 54 heavy (non-hydrogen) atoms. The van der Waals surface area contributed by atoms with Crippen LogP contribution < -0.4 is 21.3 Å². The van der Waals surface area contributed by atoms with Crippen molar-refractivity contribution in [1.82, 2.24) is 26.2 Å². The second-order valence-corrected chi connectivity index (χ2v) is 19.1.